The molecule has 1 unspecified atom stereocenters. The predicted octanol–water partition coefficient (Wildman–Crippen LogP) is 4.39. The molecule has 18 heavy (non-hydrogen) atoms. The molecule has 0 heterocycles. The average molecular weight is 258 g/mol. The molecule has 0 aromatic heterocycles. The lowest BCUT2D eigenvalue weighted by molar-refractivity contribution is 0.744. The second-order valence-electron chi connectivity index (χ2n) is 4.34. The Bertz CT molecular complexity index is 520. The fraction of sp³-hybridized carbons (Fsp3) is 0.188. The zero-order chi connectivity index (χ0) is 12.8. The lowest BCUT2D eigenvalue weighted by Gasteiger charge is -2.06. The van der Waals surface area contributed by atoms with E-state index < -0.39 is 0 Å². The van der Waals surface area contributed by atoms with Crippen molar-refractivity contribution < 1.29 is 0 Å². The third-order valence-corrected chi connectivity index (χ3v) is 3.09. The van der Waals surface area contributed by atoms with E-state index in [1.165, 1.54) is 5.56 Å². The van der Waals surface area contributed by atoms with Gasteiger partial charge in [-0.3, -0.25) is 4.99 Å². The summed E-state index contributed by atoms with van der Waals surface area (Å²) in [6.07, 6.45) is 2.80. The van der Waals surface area contributed by atoms with E-state index in [1.54, 1.807) is 0 Å². The molecule has 0 spiro atoms. The summed E-state index contributed by atoms with van der Waals surface area (Å²) in [6, 6.07) is 18.4. The van der Waals surface area contributed by atoms with Crippen LogP contribution in [-0.4, -0.2) is 12.3 Å². The minimum atomic E-state index is 0.253. The Labute approximate surface area is 113 Å². The third-order valence-electron chi connectivity index (χ3n) is 2.75. The van der Waals surface area contributed by atoms with Crippen LogP contribution in [0.15, 0.2) is 59.6 Å². The molecule has 0 N–H and O–H groups in total. The quantitative estimate of drug-likeness (QED) is 0.721. The molecule has 2 rings (SSSR count). The number of benzene rings is 2. The summed E-state index contributed by atoms with van der Waals surface area (Å²) in [7, 11) is 0. The summed E-state index contributed by atoms with van der Waals surface area (Å²) >= 11 is 6.08. The molecule has 92 valence electrons. The highest BCUT2D eigenvalue weighted by Gasteiger charge is 2.00. The van der Waals surface area contributed by atoms with Crippen molar-refractivity contribution in [2.24, 2.45) is 4.99 Å². The van der Waals surface area contributed by atoms with Crippen LogP contribution in [0.3, 0.4) is 0 Å². The highest BCUT2D eigenvalue weighted by molar-refractivity contribution is 6.33. The van der Waals surface area contributed by atoms with Crippen molar-refractivity contribution in [1.29, 1.82) is 0 Å². The molecule has 0 amide bonds. The van der Waals surface area contributed by atoms with Gasteiger partial charge in [0.2, 0.25) is 0 Å². The van der Waals surface area contributed by atoms with Crippen LogP contribution in [0.5, 0.6) is 0 Å². The number of rotatable bonds is 4. The van der Waals surface area contributed by atoms with Crippen LogP contribution >= 0.6 is 11.6 Å². The zero-order valence-corrected chi connectivity index (χ0v) is 11.1. The van der Waals surface area contributed by atoms with Crippen LogP contribution in [0.2, 0.25) is 5.02 Å². The highest BCUT2D eigenvalue weighted by Crippen LogP contribution is 2.13. The average Bonchev–Trinajstić information content (AvgIpc) is 2.39. The summed E-state index contributed by atoms with van der Waals surface area (Å²) < 4.78 is 0. The fourth-order valence-electron chi connectivity index (χ4n) is 1.80. The Morgan fingerprint density at radius 3 is 2.44 bits per heavy atom. The molecule has 2 aromatic carbocycles. The van der Waals surface area contributed by atoms with Gasteiger partial charge in [0.05, 0.1) is 6.04 Å². The first-order chi connectivity index (χ1) is 8.75. The maximum Gasteiger partial charge on any atom is 0.0512 e. The molecule has 2 heteroatoms. The van der Waals surface area contributed by atoms with Gasteiger partial charge in [0.25, 0.3) is 0 Å². The van der Waals surface area contributed by atoms with Gasteiger partial charge in [-0.15, -0.1) is 0 Å². The normalized spacial score (nSPS) is 12.8. The van der Waals surface area contributed by atoms with Crippen molar-refractivity contribution in [1.82, 2.24) is 0 Å². The van der Waals surface area contributed by atoms with Gasteiger partial charge in [0, 0.05) is 16.8 Å². The molecule has 2 aromatic rings. The first kappa shape index (κ1) is 12.8. The maximum absolute atomic E-state index is 6.08. The summed E-state index contributed by atoms with van der Waals surface area (Å²) in [6.45, 7) is 2.11. The molecule has 0 fully saturated rings. The van der Waals surface area contributed by atoms with Crippen LogP contribution in [0.1, 0.15) is 18.1 Å². The Balaban J connectivity index is 1.99. The Hall–Kier alpha value is -1.60. The number of nitrogens with zero attached hydrogens (tertiary/aromatic N) is 1. The molecule has 1 nitrogen and oxygen atoms in total. The van der Waals surface area contributed by atoms with Gasteiger partial charge < -0.3 is 0 Å². The molecule has 0 aliphatic rings. The van der Waals surface area contributed by atoms with Gasteiger partial charge in [-0.1, -0.05) is 60.1 Å². The van der Waals surface area contributed by atoms with E-state index >= 15 is 0 Å². The molecule has 0 bridgehead atoms. The van der Waals surface area contributed by atoms with Crippen LogP contribution in [0.4, 0.5) is 0 Å². The number of hydrogen-bond donors (Lipinski definition) is 0. The molecule has 0 radical (unpaired) electrons. The van der Waals surface area contributed by atoms with Crippen LogP contribution < -0.4 is 0 Å². The molecule has 0 aliphatic heterocycles. The topological polar surface area (TPSA) is 12.4 Å². The summed E-state index contributed by atoms with van der Waals surface area (Å²) in [5, 5.41) is 0.744. The van der Waals surface area contributed by atoms with Gasteiger partial charge in [-0.25, -0.2) is 0 Å². The number of halogens is 1. The van der Waals surface area contributed by atoms with Crippen molar-refractivity contribution in [3.63, 3.8) is 0 Å². The van der Waals surface area contributed by atoms with E-state index in [0.29, 0.717) is 0 Å². The minimum Gasteiger partial charge on any atom is -0.289 e. The standard InChI is InChI=1S/C16H16ClN/c1-13(11-14-7-3-2-4-8-14)18-12-15-9-5-6-10-16(15)17/h2-10,12-13H,11H2,1H3. The lowest BCUT2D eigenvalue weighted by atomic mass is 10.1. The van der Waals surface area contributed by atoms with E-state index in [-0.39, 0.29) is 6.04 Å². The fourth-order valence-corrected chi connectivity index (χ4v) is 1.98. The van der Waals surface area contributed by atoms with Gasteiger partial charge in [0.1, 0.15) is 0 Å². The first-order valence-corrected chi connectivity index (χ1v) is 6.45. The van der Waals surface area contributed by atoms with Crippen molar-refractivity contribution in [3.05, 3.63) is 70.7 Å². The zero-order valence-electron chi connectivity index (χ0n) is 10.4. The van der Waals surface area contributed by atoms with Gasteiger partial charge >= 0.3 is 0 Å². The molecule has 1 atom stereocenters. The Morgan fingerprint density at radius 2 is 1.72 bits per heavy atom. The van der Waals surface area contributed by atoms with Crippen molar-refractivity contribution in [2.75, 3.05) is 0 Å². The van der Waals surface area contributed by atoms with Crippen LogP contribution in [0.25, 0.3) is 0 Å². The van der Waals surface area contributed by atoms with Crippen LogP contribution in [-0.2, 0) is 6.42 Å². The van der Waals surface area contributed by atoms with E-state index in [0.717, 1.165) is 17.0 Å². The first-order valence-electron chi connectivity index (χ1n) is 6.07. The van der Waals surface area contributed by atoms with Crippen LogP contribution in [0, 0.1) is 0 Å². The molecule has 0 aliphatic carbocycles. The van der Waals surface area contributed by atoms with E-state index in [1.807, 2.05) is 36.5 Å². The third kappa shape index (κ3) is 3.71. The second kappa shape index (κ2) is 6.36. The number of hydrogen-bond acceptors (Lipinski definition) is 1. The molecule has 0 saturated heterocycles. The van der Waals surface area contributed by atoms with E-state index in [4.69, 9.17) is 11.6 Å². The van der Waals surface area contributed by atoms with E-state index in [9.17, 15) is 0 Å². The molecular weight excluding hydrogens is 242 g/mol. The second-order valence-corrected chi connectivity index (χ2v) is 4.75. The van der Waals surface area contributed by atoms with Gasteiger partial charge in [-0.2, -0.15) is 0 Å². The maximum atomic E-state index is 6.08. The molecule has 0 saturated carbocycles. The Kier molecular flexibility index (Phi) is 4.54. The van der Waals surface area contributed by atoms with Gasteiger partial charge in [0.15, 0.2) is 0 Å². The highest BCUT2D eigenvalue weighted by atomic mass is 35.5. The summed E-state index contributed by atoms with van der Waals surface area (Å²) in [4.78, 5) is 4.54. The summed E-state index contributed by atoms with van der Waals surface area (Å²) in [5.74, 6) is 0. The predicted molar refractivity (Wildman–Crippen MR) is 78.7 cm³/mol. The van der Waals surface area contributed by atoms with E-state index in [2.05, 4.69) is 36.2 Å². The van der Waals surface area contributed by atoms with Crippen molar-refractivity contribution in [2.45, 2.75) is 19.4 Å². The SMILES string of the molecule is CC(Cc1ccccc1)N=Cc1ccccc1Cl. The molecular formula is C16H16ClN. The Morgan fingerprint density at radius 1 is 1.06 bits per heavy atom. The van der Waals surface area contributed by atoms with Gasteiger partial charge in [-0.05, 0) is 25.0 Å². The van der Waals surface area contributed by atoms with Crippen molar-refractivity contribution in [3.8, 4) is 0 Å². The lowest BCUT2D eigenvalue weighted by Crippen LogP contribution is -2.03. The monoisotopic (exact) mass is 257 g/mol. The summed E-state index contributed by atoms with van der Waals surface area (Å²) in [5.41, 5.74) is 2.28. The number of aliphatic imine (C=N–C) groups is 1. The largest absolute Gasteiger partial charge is 0.289 e. The minimum absolute atomic E-state index is 0.253. The van der Waals surface area contributed by atoms with Crippen molar-refractivity contribution >= 4 is 17.8 Å². The smallest absolute Gasteiger partial charge is 0.0512 e.